The van der Waals surface area contributed by atoms with Gasteiger partial charge in [-0.3, -0.25) is 9.59 Å². The van der Waals surface area contributed by atoms with Gasteiger partial charge in [0, 0.05) is 19.6 Å². The molecule has 5 nitrogen and oxygen atoms in total. The van der Waals surface area contributed by atoms with Crippen molar-refractivity contribution in [1.82, 2.24) is 9.80 Å². The zero-order valence-corrected chi connectivity index (χ0v) is 17.7. The molecule has 28 heavy (non-hydrogen) atoms. The number of carbonyl (C=O) groups is 2. The lowest BCUT2D eigenvalue weighted by atomic mass is 9.86. The minimum absolute atomic E-state index is 0.0896. The average molecular weight is 387 g/mol. The predicted octanol–water partition coefficient (Wildman–Crippen LogP) is 3.40. The van der Waals surface area contributed by atoms with E-state index in [0.29, 0.717) is 38.8 Å². The SMILES string of the molecule is CC(C)c1ccc(C(C(=O)N2CCC[C@@H]2C(=O)N2CCOCC2)C(C)C)cc1. The molecule has 0 radical (unpaired) electrons. The van der Waals surface area contributed by atoms with Crippen molar-refractivity contribution < 1.29 is 14.3 Å². The Labute approximate surface area is 169 Å². The zero-order valence-electron chi connectivity index (χ0n) is 17.7. The highest BCUT2D eigenvalue weighted by Crippen LogP contribution is 2.32. The van der Waals surface area contributed by atoms with Crippen molar-refractivity contribution in [2.75, 3.05) is 32.8 Å². The Balaban J connectivity index is 1.79. The maximum absolute atomic E-state index is 13.5. The van der Waals surface area contributed by atoms with Crippen molar-refractivity contribution >= 4 is 11.8 Å². The Bertz CT molecular complexity index is 678. The quantitative estimate of drug-likeness (QED) is 0.779. The van der Waals surface area contributed by atoms with Gasteiger partial charge in [-0.15, -0.1) is 0 Å². The highest BCUT2D eigenvalue weighted by molar-refractivity contribution is 5.91. The largest absolute Gasteiger partial charge is 0.378 e. The van der Waals surface area contributed by atoms with E-state index in [1.165, 1.54) is 5.56 Å². The Morgan fingerprint density at radius 1 is 0.964 bits per heavy atom. The lowest BCUT2D eigenvalue weighted by Gasteiger charge is -2.34. The first-order valence-corrected chi connectivity index (χ1v) is 10.7. The summed E-state index contributed by atoms with van der Waals surface area (Å²) in [5.41, 5.74) is 2.33. The number of amides is 2. The van der Waals surface area contributed by atoms with Crippen LogP contribution in [0.25, 0.3) is 0 Å². The van der Waals surface area contributed by atoms with Crippen LogP contribution in [0.3, 0.4) is 0 Å². The van der Waals surface area contributed by atoms with E-state index in [9.17, 15) is 9.59 Å². The molecule has 0 spiro atoms. The number of likely N-dealkylation sites (tertiary alicyclic amines) is 1. The molecule has 1 aromatic carbocycles. The summed E-state index contributed by atoms with van der Waals surface area (Å²) >= 11 is 0. The molecule has 154 valence electrons. The van der Waals surface area contributed by atoms with Crippen LogP contribution in [0.5, 0.6) is 0 Å². The van der Waals surface area contributed by atoms with E-state index in [0.717, 1.165) is 18.4 Å². The van der Waals surface area contributed by atoms with Gasteiger partial charge in [-0.2, -0.15) is 0 Å². The maximum atomic E-state index is 13.5. The molecule has 2 aliphatic heterocycles. The smallest absolute Gasteiger partial charge is 0.245 e. The van der Waals surface area contributed by atoms with E-state index in [2.05, 4.69) is 52.0 Å². The Morgan fingerprint density at radius 3 is 2.14 bits per heavy atom. The molecule has 0 bridgehead atoms. The van der Waals surface area contributed by atoms with Crippen molar-refractivity contribution in [2.45, 2.75) is 58.4 Å². The van der Waals surface area contributed by atoms with Crippen LogP contribution in [-0.2, 0) is 14.3 Å². The summed E-state index contributed by atoms with van der Waals surface area (Å²) in [4.78, 5) is 30.3. The molecule has 0 aliphatic carbocycles. The van der Waals surface area contributed by atoms with Gasteiger partial charge in [-0.1, -0.05) is 52.0 Å². The van der Waals surface area contributed by atoms with Gasteiger partial charge < -0.3 is 14.5 Å². The highest BCUT2D eigenvalue weighted by atomic mass is 16.5. The first-order chi connectivity index (χ1) is 13.4. The number of hydrogen-bond donors (Lipinski definition) is 0. The van der Waals surface area contributed by atoms with Crippen LogP contribution in [0.1, 0.15) is 63.5 Å². The van der Waals surface area contributed by atoms with Crippen molar-refractivity contribution in [2.24, 2.45) is 5.92 Å². The van der Waals surface area contributed by atoms with Crippen LogP contribution in [0, 0.1) is 5.92 Å². The summed E-state index contributed by atoms with van der Waals surface area (Å²) in [6.07, 6.45) is 1.66. The number of carbonyl (C=O) groups excluding carboxylic acids is 2. The molecule has 0 aromatic heterocycles. The van der Waals surface area contributed by atoms with Gasteiger partial charge in [0.1, 0.15) is 6.04 Å². The molecule has 1 unspecified atom stereocenters. The third kappa shape index (κ3) is 4.40. The number of nitrogens with zero attached hydrogens (tertiary/aromatic N) is 2. The monoisotopic (exact) mass is 386 g/mol. The van der Waals surface area contributed by atoms with Gasteiger partial charge in [-0.05, 0) is 35.8 Å². The summed E-state index contributed by atoms with van der Waals surface area (Å²) < 4.78 is 5.37. The normalized spacial score (nSPS) is 21.4. The molecule has 2 aliphatic rings. The van der Waals surface area contributed by atoms with Crippen molar-refractivity contribution in [3.05, 3.63) is 35.4 Å². The second-order valence-electron chi connectivity index (χ2n) is 8.67. The van der Waals surface area contributed by atoms with Crippen LogP contribution in [0.2, 0.25) is 0 Å². The van der Waals surface area contributed by atoms with Crippen molar-refractivity contribution in [1.29, 1.82) is 0 Å². The van der Waals surface area contributed by atoms with E-state index in [1.807, 2.05) is 9.80 Å². The minimum Gasteiger partial charge on any atom is -0.378 e. The number of ether oxygens (including phenoxy) is 1. The molecule has 2 amide bonds. The Hall–Kier alpha value is -1.88. The predicted molar refractivity (Wildman–Crippen MR) is 110 cm³/mol. The molecule has 0 saturated carbocycles. The van der Waals surface area contributed by atoms with Crippen LogP contribution in [-0.4, -0.2) is 60.5 Å². The average Bonchev–Trinajstić information content (AvgIpc) is 3.18. The lowest BCUT2D eigenvalue weighted by molar-refractivity contribution is -0.147. The van der Waals surface area contributed by atoms with E-state index < -0.39 is 0 Å². The van der Waals surface area contributed by atoms with Crippen molar-refractivity contribution in [3.63, 3.8) is 0 Å². The summed E-state index contributed by atoms with van der Waals surface area (Å²) in [5, 5.41) is 0. The molecule has 2 heterocycles. The van der Waals surface area contributed by atoms with Gasteiger partial charge >= 0.3 is 0 Å². The van der Waals surface area contributed by atoms with E-state index in [1.54, 1.807) is 0 Å². The van der Waals surface area contributed by atoms with Crippen LogP contribution >= 0.6 is 0 Å². The van der Waals surface area contributed by atoms with E-state index in [-0.39, 0.29) is 29.7 Å². The van der Waals surface area contributed by atoms with Gasteiger partial charge in [0.2, 0.25) is 11.8 Å². The molecular weight excluding hydrogens is 352 g/mol. The first-order valence-electron chi connectivity index (χ1n) is 10.7. The lowest BCUT2D eigenvalue weighted by Crippen LogP contribution is -2.52. The molecule has 5 heteroatoms. The highest BCUT2D eigenvalue weighted by Gasteiger charge is 2.40. The summed E-state index contributed by atoms with van der Waals surface area (Å²) in [6, 6.07) is 8.12. The topological polar surface area (TPSA) is 49.9 Å². The van der Waals surface area contributed by atoms with Crippen LogP contribution in [0.4, 0.5) is 0 Å². The Kier molecular flexibility index (Phi) is 6.76. The molecule has 0 N–H and O–H groups in total. The summed E-state index contributed by atoms with van der Waals surface area (Å²) in [7, 11) is 0. The van der Waals surface area contributed by atoms with Gasteiger partial charge in [0.15, 0.2) is 0 Å². The molecule has 1 aromatic rings. The fourth-order valence-corrected chi connectivity index (χ4v) is 4.36. The second-order valence-corrected chi connectivity index (χ2v) is 8.67. The van der Waals surface area contributed by atoms with E-state index in [4.69, 9.17) is 4.74 Å². The van der Waals surface area contributed by atoms with Gasteiger partial charge in [0.25, 0.3) is 0 Å². The number of rotatable bonds is 5. The molecule has 3 rings (SSSR count). The minimum atomic E-state index is -0.318. The van der Waals surface area contributed by atoms with E-state index >= 15 is 0 Å². The van der Waals surface area contributed by atoms with Gasteiger partial charge in [0.05, 0.1) is 19.1 Å². The molecule has 2 atom stereocenters. The standard InChI is InChI=1S/C23H34N2O3/c1-16(2)18-7-9-19(10-8-18)21(17(3)4)23(27)25-11-5-6-20(25)22(26)24-12-14-28-15-13-24/h7-10,16-17,20-21H,5-6,11-15H2,1-4H3/t20-,21?/m1/s1. The number of hydrogen-bond acceptors (Lipinski definition) is 3. The molecule has 2 saturated heterocycles. The van der Waals surface area contributed by atoms with Crippen LogP contribution in [0.15, 0.2) is 24.3 Å². The van der Waals surface area contributed by atoms with Crippen LogP contribution < -0.4 is 0 Å². The fraction of sp³-hybridized carbons (Fsp3) is 0.652. The first kappa shape index (κ1) is 20.8. The Morgan fingerprint density at radius 2 is 1.57 bits per heavy atom. The number of morpholine rings is 1. The van der Waals surface area contributed by atoms with Crippen molar-refractivity contribution in [3.8, 4) is 0 Å². The summed E-state index contributed by atoms with van der Waals surface area (Å²) in [6.45, 7) is 11.6. The number of benzene rings is 1. The second kappa shape index (κ2) is 9.08. The zero-order chi connectivity index (χ0) is 20.3. The summed E-state index contributed by atoms with van der Waals surface area (Å²) in [5.74, 6) is 0.621. The molecule has 2 fully saturated rings. The third-order valence-corrected chi connectivity index (χ3v) is 6.04. The third-order valence-electron chi connectivity index (χ3n) is 6.04. The molecular formula is C23H34N2O3. The maximum Gasteiger partial charge on any atom is 0.245 e. The fourth-order valence-electron chi connectivity index (χ4n) is 4.36. The van der Waals surface area contributed by atoms with Gasteiger partial charge in [-0.25, -0.2) is 0 Å².